The Labute approximate surface area is 293 Å². The van der Waals surface area contributed by atoms with Crippen molar-refractivity contribution in [2.24, 2.45) is 7.05 Å². The molecule has 4 heterocycles. The number of carbonyl (C=O) groups excluding carboxylic acids is 3. The van der Waals surface area contributed by atoms with Crippen molar-refractivity contribution in [3.63, 3.8) is 0 Å². The summed E-state index contributed by atoms with van der Waals surface area (Å²) in [5.74, 6) is 1.59. The van der Waals surface area contributed by atoms with Crippen molar-refractivity contribution >= 4 is 23.4 Å². The number of piperidine rings is 2. The number of likely N-dealkylation sites (tertiary alicyclic amines) is 1. The van der Waals surface area contributed by atoms with Gasteiger partial charge in [0.2, 0.25) is 17.7 Å². The number of aryl methyl sites for hydroxylation is 2. The van der Waals surface area contributed by atoms with Gasteiger partial charge >= 0.3 is 0 Å². The fraction of sp³-hybridized carbons (Fsp3) is 0.474. The number of benzene rings is 2. The van der Waals surface area contributed by atoms with Crippen LogP contribution in [0.2, 0.25) is 0 Å². The summed E-state index contributed by atoms with van der Waals surface area (Å²) in [5, 5.41) is 5.63. The molecule has 1 aromatic heterocycles. The van der Waals surface area contributed by atoms with Crippen LogP contribution >= 0.6 is 0 Å². The highest BCUT2D eigenvalue weighted by atomic mass is 16.5. The first kappa shape index (κ1) is 35.2. The molecule has 3 fully saturated rings. The van der Waals surface area contributed by atoms with E-state index in [-0.39, 0.29) is 23.3 Å². The molecule has 3 amide bonds. The molecule has 0 spiro atoms. The van der Waals surface area contributed by atoms with Gasteiger partial charge in [-0.2, -0.15) is 0 Å². The number of ether oxygens (including phenoxy) is 2. The molecule has 1 atom stereocenters. The van der Waals surface area contributed by atoms with Crippen molar-refractivity contribution in [3.05, 3.63) is 75.7 Å². The molecule has 50 heavy (non-hydrogen) atoms. The molecule has 0 radical (unpaired) electrons. The fourth-order valence-electron chi connectivity index (χ4n) is 7.32. The molecule has 6 rings (SSSR count). The molecule has 266 valence electrons. The molecule has 0 saturated carbocycles. The standard InChI is InChI=1S/C38H48N6O6/c1-25-19-29(22-41(2)38(25)48)28-20-33(49-3)31(34(21-28)50-4)23-43-15-17-44(18-16-43)36(46)24-42-13-11-27(12-14-42)26-5-7-30(8-6-26)39-32-9-10-35(45)40-37(32)47/h5-8,19-22,27,32,39H,9-18,23-24H2,1-4H3,(H,40,45,47). The zero-order valence-corrected chi connectivity index (χ0v) is 29.5. The number of aromatic nitrogens is 1. The molecule has 2 aromatic carbocycles. The third-order valence-electron chi connectivity index (χ3n) is 10.3. The number of methoxy groups -OCH3 is 2. The Morgan fingerprint density at radius 3 is 2.12 bits per heavy atom. The van der Waals surface area contributed by atoms with Crippen LogP contribution in [0.5, 0.6) is 11.5 Å². The molecular weight excluding hydrogens is 636 g/mol. The first-order valence-corrected chi connectivity index (χ1v) is 17.5. The number of nitrogens with zero attached hydrogens (tertiary/aromatic N) is 4. The summed E-state index contributed by atoms with van der Waals surface area (Å²) in [6.07, 6.45) is 4.66. The Kier molecular flexibility index (Phi) is 10.9. The smallest absolute Gasteiger partial charge is 0.253 e. The van der Waals surface area contributed by atoms with Gasteiger partial charge in [0, 0.05) is 63.6 Å². The number of hydrogen-bond acceptors (Lipinski definition) is 9. The van der Waals surface area contributed by atoms with Gasteiger partial charge in [-0.05, 0) is 92.2 Å². The number of carbonyl (C=O) groups is 3. The molecule has 0 aliphatic carbocycles. The van der Waals surface area contributed by atoms with E-state index < -0.39 is 6.04 Å². The van der Waals surface area contributed by atoms with E-state index >= 15 is 0 Å². The minimum absolute atomic E-state index is 0.0197. The quantitative estimate of drug-likeness (QED) is 0.310. The SMILES string of the molecule is COc1cc(-c2cc(C)c(=O)n(C)c2)cc(OC)c1CN1CCN(C(=O)CN2CCC(c3ccc(NC4CCC(=O)NC4=O)cc3)CC2)CC1. The van der Waals surface area contributed by atoms with E-state index in [1.165, 1.54) is 5.56 Å². The van der Waals surface area contributed by atoms with Gasteiger partial charge in [0.1, 0.15) is 17.5 Å². The second-order valence-corrected chi connectivity index (χ2v) is 13.7. The lowest BCUT2D eigenvalue weighted by molar-refractivity contribution is -0.135. The number of nitrogens with one attached hydrogen (secondary N) is 2. The van der Waals surface area contributed by atoms with Crippen molar-refractivity contribution in [3.8, 4) is 22.6 Å². The van der Waals surface area contributed by atoms with E-state index in [2.05, 4.69) is 32.6 Å². The van der Waals surface area contributed by atoms with Gasteiger partial charge in [-0.3, -0.25) is 34.3 Å². The van der Waals surface area contributed by atoms with Gasteiger partial charge in [-0.1, -0.05) is 12.1 Å². The lowest BCUT2D eigenvalue weighted by atomic mass is 9.89. The number of pyridine rings is 1. The van der Waals surface area contributed by atoms with E-state index in [1.54, 1.807) is 25.8 Å². The normalized spacial score (nSPS) is 19.3. The second kappa shape index (κ2) is 15.5. The Morgan fingerprint density at radius 1 is 0.860 bits per heavy atom. The summed E-state index contributed by atoms with van der Waals surface area (Å²) >= 11 is 0. The van der Waals surface area contributed by atoms with Crippen molar-refractivity contribution < 1.29 is 23.9 Å². The van der Waals surface area contributed by atoms with E-state index in [0.717, 1.165) is 72.9 Å². The number of imide groups is 1. The van der Waals surface area contributed by atoms with Crippen molar-refractivity contribution in [1.82, 2.24) is 24.6 Å². The van der Waals surface area contributed by atoms with Gasteiger partial charge in [0.25, 0.3) is 5.56 Å². The fourth-order valence-corrected chi connectivity index (χ4v) is 7.32. The Morgan fingerprint density at radius 2 is 1.52 bits per heavy atom. The molecule has 0 bridgehead atoms. The number of amides is 3. The lowest BCUT2D eigenvalue weighted by Crippen LogP contribution is -2.51. The Hall–Kier alpha value is -4.68. The van der Waals surface area contributed by atoms with Gasteiger partial charge in [0.15, 0.2) is 0 Å². The number of piperazine rings is 1. The average molecular weight is 685 g/mol. The average Bonchev–Trinajstić information content (AvgIpc) is 3.12. The van der Waals surface area contributed by atoms with Crippen LogP contribution in [0.15, 0.2) is 53.5 Å². The Balaban J connectivity index is 0.972. The van der Waals surface area contributed by atoms with Crippen molar-refractivity contribution in [1.29, 1.82) is 0 Å². The molecule has 2 N–H and O–H groups in total. The topological polar surface area (TPSA) is 125 Å². The van der Waals surface area contributed by atoms with E-state index in [9.17, 15) is 19.2 Å². The molecule has 3 aromatic rings. The van der Waals surface area contributed by atoms with Crippen LogP contribution < -0.4 is 25.7 Å². The molecule has 3 aliphatic rings. The first-order valence-electron chi connectivity index (χ1n) is 17.5. The second-order valence-electron chi connectivity index (χ2n) is 13.7. The first-order chi connectivity index (χ1) is 24.1. The highest BCUT2D eigenvalue weighted by Gasteiger charge is 2.28. The molecule has 3 saturated heterocycles. The van der Waals surface area contributed by atoms with Crippen LogP contribution in [-0.2, 0) is 28.0 Å². The molecule has 12 nitrogen and oxygen atoms in total. The third-order valence-corrected chi connectivity index (χ3v) is 10.3. The summed E-state index contributed by atoms with van der Waals surface area (Å²) in [6.45, 7) is 7.52. The van der Waals surface area contributed by atoms with E-state index in [4.69, 9.17) is 9.47 Å². The Bertz CT molecular complexity index is 1720. The summed E-state index contributed by atoms with van der Waals surface area (Å²) in [6, 6.07) is 13.7. The van der Waals surface area contributed by atoms with E-state index in [0.29, 0.717) is 50.5 Å². The highest BCUT2D eigenvalue weighted by molar-refractivity contribution is 6.01. The monoisotopic (exact) mass is 684 g/mol. The summed E-state index contributed by atoms with van der Waals surface area (Å²) < 4.78 is 13.2. The van der Waals surface area contributed by atoms with Crippen LogP contribution in [0.25, 0.3) is 11.1 Å². The summed E-state index contributed by atoms with van der Waals surface area (Å²) in [4.78, 5) is 55.6. The summed E-state index contributed by atoms with van der Waals surface area (Å²) in [7, 11) is 5.07. The maximum atomic E-state index is 13.3. The third kappa shape index (κ3) is 8.03. The molecule has 1 unspecified atom stereocenters. The van der Waals surface area contributed by atoms with Gasteiger partial charge in [-0.15, -0.1) is 0 Å². The number of hydrogen-bond donors (Lipinski definition) is 2. The minimum Gasteiger partial charge on any atom is -0.496 e. The maximum absolute atomic E-state index is 13.3. The van der Waals surface area contributed by atoms with Crippen LogP contribution in [0.4, 0.5) is 5.69 Å². The number of anilines is 1. The predicted molar refractivity (Wildman–Crippen MR) is 191 cm³/mol. The van der Waals surface area contributed by atoms with Crippen LogP contribution in [-0.4, -0.2) is 103 Å². The number of rotatable bonds is 10. The largest absolute Gasteiger partial charge is 0.496 e. The van der Waals surface area contributed by atoms with Crippen molar-refractivity contribution in [2.75, 3.05) is 65.3 Å². The van der Waals surface area contributed by atoms with E-state index in [1.807, 2.05) is 48.4 Å². The predicted octanol–water partition coefficient (Wildman–Crippen LogP) is 3.12. The van der Waals surface area contributed by atoms with Gasteiger partial charge < -0.3 is 24.3 Å². The van der Waals surface area contributed by atoms with Crippen LogP contribution in [0, 0.1) is 6.92 Å². The highest BCUT2D eigenvalue weighted by Crippen LogP contribution is 2.36. The zero-order valence-electron chi connectivity index (χ0n) is 29.5. The zero-order chi connectivity index (χ0) is 35.4. The maximum Gasteiger partial charge on any atom is 0.253 e. The lowest BCUT2D eigenvalue weighted by Gasteiger charge is -2.37. The van der Waals surface area contributed by atoms with Crippen LogP contribution in [0.3, 0.4) is 0 Å². The summed E-state index contributed by atoms with van der Waals surface area (Å²) in [5.41, 5.74) is 5.59. The van der Waals surface area contributed by atoms with Gasteiger partial charge in [0.05, 0.1) is 26.3 Å². The molecule has 3 aliphatic heterocycles. The van der Waals surface area contributed by atoms with Gasteiger partial charge in [-0.25, -0.2) is 0 Å². The minimum atomic E-state index is -0.392. The van der Waals surface area contributed by atoms with Crippen LogP contribution in [0.1, 0.15) is 48.3 Å². The molecule has 12 heteroatoms. The molecular formula is C38H48N6O6. The van der Waals surface area contributed by atoms with Crippen molar-refractivity contribution in [2.45, 2.75) is 51.1 Å².